The third kappa shape index (κ3) is 3.52. The van der Waals surface area contributed by atoms with Crippen LogP contribution >= 0.6 is 0 Å². The minimum absolute atomic E-state index is 0.0429. The fourth-order valence-electron chi connectivity index (χ4n) is 2.66. The summed E-state index contributed by atoms with van der Waals surface area (Å²) in [6.45, 7) is 1.67. The first-order chi connectivity index (χ1) is 12.5. The van der Waals surface area contributed by atoms with Gasteiger partial charge in [0.2, 0.25) is 0 Å². The van der Waals surface area contributed by atoms with Gasteiger partial charge in [-0.25, -0.2) is 4.79 Å². The fraction of sp³-hybridized carbons (Fsp3) is 0.143. The predicted molar refractivity (Wildman–Crippen MR) is 97.4 cm³/mol. The molecule has 3 aromatic carbocycles. The number of hydrogen-bond donors (Lipinski definition) is 1. The van der Waals surface area contributed by atoms with Gasteiger partial charge in [-0.3, -0.25) is 4.79 Å². The van der Waals surface area contributed by atoms with Crippen LogP contribution in [-0.4, -0.2) is 24.2 Å². The zero-order valence-electron chi connectivity index (χ0n) is 14.4. The lowest BCUT2D eigenvalue weighted by atomic mass is 9.98. The van der Waals surface area contributed by atoms with Crippen LogP contribution in [0.4, 0.5) is 0 Å². The SMILES string of the molecule is COc1ccc2cc([C@H](C)C(=O)OC(=O)c3ccccc3O)ccc2c1. The number of fused-ring (bicyclic) bond motifs is 1. The van der Waals surface area contributed by atoms with Gasteiger partial charge >= 0.3 is 11.9 Å². The maximum Gasteiger partial charge on any atom is 0.349 e. The van der Waals surface area contributed by atoms with Crippen molar-refractivity contribution in [2.75, 3.05) is 7.11 Å². The second kappa shape index (κ2) is 7.27. The molecule has 0 spiro atoms. The van der Waals surface area contributed by atoms with E-state index >= 15 is 0 Å². The molecule has 3 aromatic rings. The molecule has 5 nitrogen and oxygen atoms in total. The number of para-hydroxylation sites is 1. The summed E-state index contributed by atoms with van der Waals surface area (Å²) in [5.41, 5.74) is 0.691. The minimum Gasteiger partial charge on any atom is -0.507 e. The van der Waals surface area contributed by atoms with Gasteiger partial charge in [-0.15, -0.1) is 0 Å². The molecule has 1 N–H and O–H groups in total. The minimum atomic E-state index is -0.870. The van der Waals surface area contributed by atoms with Crippen molar-refractivity contribution in [1.82, 2.24) is 0 Å². The fourth-order valence-corrected chi connectivity index (χ4v) is 2.66. The highest BCUT2D eigenvalue weighted by atomic mass is 16.6. The van der Waals surface area contributed by atoms with Crippen molar-refractivity contribution in [3.63, 3.8) is 0 Å². The number of rotatable bonds is 4. The topological polar surface area (TPSA) is 72.8 Å². The number of esters is 2. The van der Waals surface area contributed by atoms with Crippen LogP contribution < -0.4 is 4.74 Å². The molecule has 0 heterocycles. The van der Waals surface area contributed by atoms with Gasteiger partial charge in [-0.2, -0.15) is 0 Å². The molecule has 0 aromatic heterocycles. The number of aromatic hydroxyl groups is 1. The third-order valence-electron chi connectivity index (χ3n) is 4.24. The van der Waals surface area contributed by atoms with Crippen LogP contribution in [0.1, 0.15) is 28.8 Å². The maximum atomic E-state index is 12.3. The Balaban J connectivity index is 1.79. The molecular weight excluding hydrogens is 332 g/mol. The first kappa shape index (κ1) is 17.5. The van der Waals surface area contributed by atoms with Crippen molar-refractivity contribution in [3.8, 4) is 11.5 Å². The summed E-state index contributed by atoms with van der Waals surface area (Å²) in [5, 5.41) is 11.6. The zero-order valence-corrected chi connectivity index (χ0v) is 14.4. The largest absolute Gasteiger partial charge is 0.507 e. The van der Waals surface area contributed by atoms with Crippen LogP contribution in [0.3, 0.4) is 0 Å². The number of phenols is 1. The summed E-state index contributed by atoms with van der Waals surface area (Å²) in [6.07, 6.45) is 0. The summed E-state index contributed by atoms with van der Waals surface area (Å²) in [4.78, 5) is 24.4. The van der Waals surface area contributed by atoms with Crippen molar-refractivity contribution >= 4 is 22.7 Å². The third-order valence-corrected chi connectivity index (χ3v) is 4.24. The Labute approximate surface area is 150 Å². The molecule has 3 rings (SSSR count). The van der Waals surface area contributed by atoms with E-state index in [1.165, 1.54) is 12.1 Å². The summed E-state index contributed by atoms with van der Waals surface area (Å²) < 4.78 is 10.1. The van der Waals surface area contributed by atoms with E-state index < -0.39 is 17.9 Å². The summed E-state index contributed by atoms with van der Waals surface area (Å²) >= 11 is 0. The number of benzene rings is 3. The van der Waals surface area contributed by atoms with E-state index in [1.54, 1.807) is 26.2 Å². The molecule has 0 aliphatic heterocycles. The van der Waals surface area contributed by atoms with Gasteiger partial charge in [-0.05, 0) is 47.5 Å². The number of methoxy groups -OCH3 is 1. The average molecular weight is 350 g/mol. The van der Waals surface area contributed by atoms with E-state index in [0.29, 0.717) is 0 Å². The van der Waals surface area contributed by atoms with Gasteiger partial charge in [-0.1, -0.05) is 36.4 Å². The number of carbonyl (C=O) groups excluding carboxylic acids is 2. The number of hydrogen-bond acceptors (Lipinski definition) is 5. The molecule has 0 bridgehead atoms. The molecule has 0 unspecified atom stereocenters. The second-order valence-corrected chi connectivity index (χ2v) is 5.92. The van der Waals surface area contributed by atoms with Crippen LogP contribution in [0.5, 0.6) is 11.5 Å². The molecule has 26 heavy (non-hydrogen) atoms. The molecule has 1 atom stereocenters. The highest BCUT2D eigenvalue weighted by Gasteiger charge is 2.22. The first-order valence-electron chi connectivity index (χ1n) is 8.11. The van der Waals surface area contributed by atoms with Gasteiger partial charge in [0.25, 0.3) is 0 Å². The van der Waals surface area contributed by atoms with Crippen molar-refractivity contribution in [2.45, 2.75) is 12.8 Å². The number of carbonyl (C=O) groups is 2. The monoisotopic (exact) mass is 350 g/mol. The molecule has 0 aliphatic rings. The maximum absolute atomic E-state index is 12.3. The van der Waals surface area contributed by atoms with E-state index in [1.807, 2.05) is 36.4 Å². The Bertz CT molecular complexity index is 977. The molecular formula is C21H18O5. The van der Waals surface area contributed by atoms with Crippen LogP contribution in [0.2, 0.25) is 0 Å². The average Bonchev–Trinajstić information content (AvgIpc) is 2.66. The summed E-state index contributed by atoms with van der Waals surface area (Å²) in [6, 6.07) is 17.2. The van der Waals surface area contributed by atoms with E-state index in [2.05, 4.69) is 0 Å². The lowest BCUT2D eigenvalue weighted by Crippen LogP contribution is -2.18. The van der Waals surface area contributed by atoms with E-state index in [4.69, 9.17) is 9.47 Å². The van der Waals surface area contributed by atoms with Gasteiger partial charge in [0, 0.05) is 0 Å². The van der Waals surface area contributed by atoms with E-state index in [-0.39, 0.29) is 11.3 Å². The Kier molecular flexibility index (Phi) is 4.89. The summed E-state index contributed by atoms with van der Waals surface area (Å²) in [5.74, 6) is -1.64. The Morgan fingerprint density at radius 1 is 0.962 bits per heavy atom. The van der Waals surface area contributed by atoms with E-state index in [9.17, 15) is 14.7 Å². The molecule has 0 saturated heterocycles. The predicted octanol–water partition coefficient (Wildman–Crippen LogP) is 4.04. The second-order valence-electron chi connectivity index (χ2n) is 5.92. The highest BCUT2D eigenvalue weighted by molar-refractivity contribution is 6.00. The Morgan fingerprint density at radius 2 is 1.65 bits per heavy atom. The lowest BCUT2D eigenvalue weighted by Gasteiger charge is -2.12. The van der Waals surface area contributed by atoms with Crippen molar-refractivity contribution < 1.29 is 24.2 Å². The van der Waals surface area contributed by atoms with Gasteiger partial charge in [0.05, 0.1) is 13.0 Å². The molecule has 0 saturated carbocycles. The van der Waals surface area contributed by atoms with Gasteiger partial charge in [0.1, 0.15) is 17.1 Å². The van der Waals surface area contributed by atoms with Crippen LogP contribution in [0, 0.1) is 0 Å². The molecule has 0 radical (unpaired) electrons. The smallest absolute Gasteiger partial charge is 0.349 e. The van der Waals surface area contributed by atoms with Gasteiger partial charge < -0.3 is 14.6 Å². The Morgan fingerprint density at radius 3 is 2.38 bits per heavy atom. The molecule has 132 valence electrons. The van der Waals surface area contributed by atoms with Crippen LogP contribution in [-0.2, 0) is 9.53 Å². The molecule has 0 amide bonds. The highest BCUT2D eigenvalue weighted by Crippen LogP contribution is 2.26. The molecule has 5 heteroatoms. The quantitative estimate of drug-likeness (QED) is 0.568. The Hall–Kier alpha value is -3.34. The van der Waals surface area contributed by atoms with Crippen LogP contribution in [0.15, 0.2) is 60.7 Å². The first-order valence-corrected chi connectivity index (χ1v) is 8.11. The van der Waals surface area contributed by atoms with Crippen LogP contribution in [0.25, 0.3) is 10.8 Å². The van der Waals surface area contributed by atoms with Crippen molar-refractivity contribution in [1.29, 1.82) is 0 Å². The zero-order chi connectivity index (χ0) is 18.7. The normalized spacial score (nSPS) is 11.8. The van der Waals surface area contributed by atoms with Crippen molar-refractivity contribution in [2.24, 2.45) is 0 Å². The van der Waals surface area contributed by atoms with Gasteiger partial charge in [0.15, 0.2) is 0 Å². The lowest BCUT2D eigenvalue weighted by molar-refractivity contribution is -0.139. The molecule has 0 fully saturated rings. The summed E-state index contributed by atoms with van der Waals surface area (Å²) in [7, 11) is 1.61. The molecule has 0 aliphatic carbocycles. The van der Waals surface area contributed by atoms with Crippen molar-refractivity contribution in [3.05, 3.63) is 71.8 Å². The number of phenolic OH excluding ortho intramolecular Hbond substituents is 1. The van der Waals surface area contributed by atoms with E-state index in [0.717, 1.165) is 22.1 Å². The number of ether oxygens (including phenoxy) is 2. The standard InChI is InChI=1S/C21H18O5/c1-13(20(23)26-21(24)18-5-3-4-6-19(18)22)14-7-8-16-12-17(25-2)10-9-15(16)11-14/h3-13,22H,1-2H3/t13-/m0/s1.